The fraction of sp³-hybridized carbons (Fsp3) is 0.333. The quantitative estimate of drug-likeness (QED) is 0.879. The Kier molecular flexibility index (Phi) is 4.45. The molecule has 0 bridgehead atoms. The first-order chi connectivity index (χ1) is 9.51. The molecule has 5 heteroatoms. The van der Waals surface area contributed by atoms with Crippen LogP contribution in [0.5, 0.6) is 0 Å². The first-order valence-corrected chi connectivity index (χ1v) is 6.98. The van der Waals surface area contributed by atoms with Crippen molar-refractivity contribution < 1.29 is 0 Å². The van der Waals surface area contributed by atoms with E-state index < -0.39 is 0 Å². The van der Waals surface area contributed by atoms with Crippen LogP contribution in [0.3, 0.4) is 0 Å². The predicted molar refractivity (Wildman–Crippen MR) is 85.1 cm³/mol. The minimum absolute atomic E-state index is 0.272. The van der Waals surface area contributed by atoms with Crippen LogP contribution in [0, 0.1) is 6.92 Å². The normalized spacial score (nSPS) is 10.7. The van der Waals surface area contributed by atoms with Gasteiger partial charge in [-0.2, -0.15) is 0 Å². The largest absolute Gasteiger partial charge is 0.373 e. The van der Waals surface area contributed by atoms with Gasteiger partial charge < -0.3 is 10.6 Å². The lowest BCUT2D eigenvalue weighted by atomic mass is 10.2. The zero-order valence-electron chi connectivity index (χ0n) is 12.2. The van der Waals surface area contributed by atoms with E-state index in [4.69, 9.17) is 11.6 Å². The first kappa shape index (κ1) is 14.6. The summed E-state index contributed by atoms with van der Waals surface area (Å²) in [6.45, 7) is 6.15. The molecule has 1 heterocycles. The molecule has 0 saturated heterocycles. The summed E-state index contributed by atoms with van der Waals surface area (Å²) in [7, 11) is 1.87. The van der Waals surface area contributed by atoms with Crippen LogP contribution >= 0.6 is 11.6 Å². The molecule has 1 aromatic carbocycles. The summed E-state index contributed by atoms with van der Waals surface area (Å²) < 4.78 is 0. The summed E-state index contributed by atoms with van der Waals surface area (Å²) in [5, 5.41) is 7.15. The molecule has 2 rings (SSSR count). The third-order valence-electron chi connectivity index (χ3n) is 3.02. The van der Waals surface area contributed by atoms with E-state index in [9.17, 15) is 0 Å². The van der Waals surface area contributed by atoms with Crippen molar-refractivity contribution in [2.45, 2.75) is 26.7 Å². The van der Waals surface area contributed by atoms with E-state index >= 15 is 0 Å². The minimum atomic E-state index is 0.272. The summed E-state index contributed by atoms with van der Waals surface area (Å²) in [5.74, 6) is 2.75. The third kappa shape index (κ3) is 3.20. The SMILES string of the molecule is CNc1nc(C(C)C)nc(Nc2ccc(Cl)cc2)c1C. The molecule has 2 N–H and O–H groups in total. The zero-order valence-corrected chi connectivity index (χ0v) is 12.9. The third-order valence-corrected chi connectivity index (χ3v) is 3.28. The Hall–Kier alpha value is -1.81. The highest BCUT2D eigenvalue weighted by molar-refractivity contribution is 6.30. The fourth-order valence-corrected chi connectivity index (χ4v) is 1.95. The van der Waals surface area contributed by atoms with Gasteiger partial charge in [-0.1, -0.05) is 25.4 Å². The summed E-state index contributed by atoms with van der Waals surface area (Å²) in [6, 6.07) is 7.56. The smallest absolute Gasteiger partial charge is 0.139 e. The topological polar surface area (TPSA) is 49.8 Å². The lowest BCUT2D eigenvalue weighted by Gasteiger charge is -2.15. The number of halogens is 1. The van der Waals surface area contributed by atoms with E-state index in [1.165, 1.54) is 0 Å². The molecule has 0 aliphatic heterocycles. The maximum atomic E-state index is 5.90. The molecule has 0 amide bonds. The van der Waals surface area contributed by atoms with E-state index in [0.717, 1.165) is 28.7 Å². The van der Waals surface area contributed by atoms with Crippen molar-refractivity contribution in [2.24, 2.45) is 0 Å². The van der Waals surface area contributed by atoms with E-state index in [-0.39, 0.29) is 5.92 Å². The highest BCUT2D eigenvalue weighted by Gasteiger charge is 2.12. The zero-order chi connectivity index (χ0) is 14.7. The molecule has 1 aromatic heterocycles. The van der Waals surface area contributed by atoms with Gasteiger partial charge in [0, 0.05) is 29.2 Å². The van der Waals surface area contributed by atoms with Crippen molar-refractivity contribution in [3.05, 3.63) is 40.7 Å². The molecular formula is C15H19ClN4. The maximum absolute atomic E-state index is 5.90. The lowest BCUT2D eigenvalue weighted by Crippen LogP contribution is -2.08. The molecule has 106 valence electrons. The highest BCUT2D eigenvalue weighted by atomic mass is 35.5. The van der Waals surface area contributed by atoms with Crippen LogP contribution in [0.4, 0.5) is 17.3 Å². The van der Waals surface area contributed by atoms with Crippen LogP contribution in [0.2, 0.25) is 5.02 Å². The van der Waals surface area contributed by atoms with Crippen LogP contribution in [0.1, 0.15) is 31.2 Å². The van der Waals surface area contributed by atoms with Gasteiger partial charge in [-0.3, -0.25) is 0 Å². The van der Waals surface area contributed by atoms with E-state index in [0.29, 0.717) is 5.02 Å². The molecule has 2 aromatic rings. The molecular weight excluding hydrogens is 272 g/mol. The number of hydrogen-bond acceptors (Lipinski definition) is 4. The van der Waals surface area contributed by atoms with E-state index in [2.05, 4.69) is 34.4 Å². The summed E-state index contributed by atoms with van der Waals surface area (Å²) >= 11 is 5.90. The van der Waals surface area contributed by atoms with Gasteiger partial charge in [0.2, 0.25) is 0 Å². The van der Waals surface area contributed by atoms with Crippen molar-refractivity contribution in [3.63, 3.8) is 0 Å². The Balaban J connectivity index is 2.39. The standard InChI is InChI=1S/C15H19ClN4/c1-9(2)13-19-14(17-4)10(3)15(20-13)18-12-7-5-11(16)6-8-12/h5-9H,1-4H3,(H2,17,18,19,20). The van der Waals surface area contributed by atoms with E-state index in [1.54, 1.807) is 0 Å². The molecule has 20 heavy (non-hydrogen) atoms. The number of nitrogens with one attached hydrogen (secondary N) is 2. The van der Waals surface area contributed by atoms with Gasteiger partial charge in [-0.25, -0.2) is 9.97 Å². The lowest BCUT2D eigenvalue weighted by molar-refractivity contribution is 0.775. The molecule has 0 aliphatic rings. The number of hydrogen-bond donors (Lipinski definition) is 2. The monoisotopic (exact) mass is 290 g/mol. The second-order valence-corrected chi connectivity index (χ2v) is 5.38. The van der Waals surface area contributed by atoms with Crippen molar-refractivity contribution in [3.8, 4) is 0 Å². The Morgan fingerprint density at radius 2 is 1.65 bits per heavy atom. The Morgan fingerprint density at radius 1 is 1.05 bits per heavy atom. The van der Waals surface area contributed by atoms with Crippen molar-refractivity contribution in [1.29, 1.82) is 0 Å². The second kappa shape index (κ2) is 6.09. The Labute approximate surface area is 124 Å². The van der Waals surface area contributed by atoms with Crippen molar-refractivity contribution >= 4 is 28.9 Å². The molecule has 4 nitrogen and oxygen atoms in total. The van der Waals surface area contributed by atoms with Gasteiger partial charge in [0.15, 0.2) is 0 Å². The molecule has 0 unspecified atom stereocenters. The average molecular weight is 291 g/mol. The Morgan fingerprint density at radius 3 is 2.20 bits per heavy atom. The summed E-state index contributed by atoms with van der Waals surface area (Å²) in [6.07, 6.45) is 0. The van der Waals surface area contributed by atoms with Crippen LogP contribution in [-0.4, -0.2) is 17.0 Å². The van der Waals surface area contributed by atoms with Gasteiger partial charge in [-0.05, 0) is 31.2 Å². The number of benzene rings is 1. The van der Waals surface area contributed by atoms with Crippen LogP contribution in [-0.2, 0) is 0 Å². The van der Waals surface area contributed by atoms with Crippen LogP contribution in [0.25, 0.3) is 0 Å². The van der Waals surface area contributed by atoms with Gasteiger partial charge in [0.25, 0.3) is 0 Å². The van der Waals surface area contributed by atoms with Crippen molar-refractivity contribution in [1.82, 2.24) is 9.97 Å². The number of rotatable bonds is 4. The van der Waals surface area contributed by atoms with Crippen LogP contribution in [0.15, 0.2) is 24.3 Å². The summed E-state index contributed by atoms with van der Waals surface area (Å²) in [5.41, 5.74) is 1.94. The minimum Gasteiger partial charge on any atom is -0.373 e. The van der Waals surface area contributed by atoms with Gasteiger partial charge >= 0.3 is 0 Å². The van der Waals surface area contributed by atoms with Gasteiger partial charge in [-0.15, -0.1) is 0 Å². The predicted octanol–water partition coefficient (Wildman–Crippen LogP) is 4.35. The molecule has 0 saturated carbocycles. The number of aromatic nitrogens is 2. The highest BCUT2D eigenvalue weighted by Crippen LogP contribution is 2.26. The average Bonchev–Trinajstić information content (AvgIpc) is 2.43. The molecule has 0 fully saturated rings. The summed E-state index contributed by atoms with van der Waals surface area (Å²) in [4.78, 5) is 9.13. The molecule has 0 aliphatic carbocycles. The van der Waals surface area contributed by atoms with Crippen molar-refractivity contribution in [2.75, 3.05) is 17.7 Å². The Bertz CT molecular complexity index is 594. The second-order valence-electron chi connectivity index (χ2n) is 4.94. The molecule has 0 radical (unpaired) electrons. The molecule has 0 atom stereocenters. The number of anilines is 3. The molecule has 0 spiro atoms. The maximum Gasteiger partial charge on any atom is 0.139 e. The van der Waals surface area contributed by atoms with Gasteiger partial charge in [0.05, 0.1) is 0 Å². The van der Waals surface area contributed by atoms with Gasteiger partial charge in [0.1, 0.15) is 17.5 Å². The number of nitrogens with zero attached hydrogens (tertiary/aromatic N) is 2. The van der Waals surface area contributed by atoms with Crippen LogP contribution < -0.4 is 10.6 Å². The fourth-order valence-electron chi connectivity index (χ4n) is 1.83. The van der Waals surface area contributed by atoms with E-state index in [1.807, 2.05) is 38.2 Å². The first-order valence-electron chi connectivity index (χ1n) is 6.60.